The van der Waals surface area contributed by atoms with E-state index in [9.17, 15) is 88.2 Å². The van der Waals surface area contributed by atoms with Crippen molar-refractivity contribution in [1.29, 1.82) is 0 Å². The largest absolute Gasteiger partial charge is 0.676 e. The molecule has 0 rings (SSSR count). The van der Waals surface area contributed by atoms with Crippen molar-refractivity contribution >= 4 is 8.80 Å². The van der Waals surface area contributed by atoms with Gasteiger partial charge in [0, 0.05) is 12.8 Å². The van der Waals surface area contributed by atoms with Gasteiger partial charge in [0.25, 0.3) is 0 Å². The fourth-order valence-corrected chi connectivity index (χ4v) is 2.75. The van der Waals surface area contributed by atoms with E-state index >= 15 is 0 Å². The van der Waals surface area contributed by atoms with Crippen molar-refractivity contribution in [3.05, 3.63) is 0 Å². The van der Waals surface area contributed by atoms with Crippen molar-refractivity contribution in [2.45, 2.75) is 60.1 Å². The Morgan fingerprint density at radius 3 is 1.00 bits per heavy atom. The molecule has 206 valence electrons. The highest BCUT2D eigenvalue weighted by atomic mass is 28.4. The minimum atomic E-state index is -8.80. The van der Waals surface area contributed by atoms with Crippen molar-refractivity contribution < 1.29 is 102 Å². The maximum Gasteiger partial charge on any atom is 0.676 e. The van der Waals surface area contributed by atoms with Gasteiger partial charge in [-0.25, -0.2) is 0 Å². The molecule has 0 atom stereocenters. The lowest BCUT2D eigenvalue weighted by Crippen LogP contribution is -2.77. The molecule has 0 aromatic rings. The number of halogens is 20. The van der Waals surface area contributed by atoms with Crippen LogP contribution in [-0.4, -0.2) is 56.1 Å². The summed E-state index contributed by atoms with van der Waals surface area (Å²) in [6.07, 6.45) is -12.6. The van der Waals surface area contributed by atoms with Gasteiger partial charge in [-0.3, -0.25) is 0 Å². The molecule has 0 radical (unpaired) electrons. The summed E-state index contributed by atoms with van der Waals surface area (Å²) in [6, 6.07) is 0. The van der Waals surface area contributed by atoms with Crippen molar-refractivity contribution in [3.8, 4) is 0 Å². The van der Waals surface area contributed by atoms with Crippen LogP contribution in [0, 0.1) is 0 Å². The lowest BCUT2D eigenvalue weighted by molar-refractivity contribution is -0.441. The molecular weight excluding hydrogens is 576 g/mol. The number of hydrogen-bond donors (Lipinski definition) is 0. The fourth-order valence-electron chi connectivity index (χ4n) is 1.85. The summed E-state index contributed by atoms with van der Waals surface area (Å²) < 4.78 is 263. The quantitative estimate of drug-likeness (QED) is 0.185. The number of hydrogen-bond acceptors (Lipinski definition) is 3. The molecule has 0 fully saturated rings. The summed E-state index contributed by atoms with van der Waals surface area (Å²) >= 11 is 0. The molecule has 0 bridgehead atoms. The zero-order chi connectivity index (χ0) is 28.0. The Hall–Kier alpha value is -1.30. The van der Waals surface area contributed by atoms with Crippen molar-refractivity contribution in [2.24, 2.45) is 0 Å². The Balaban J connectivity index is 6.76. The van der Waals surface area contributed by atoms with Crippen molar-refractivity contribution in [2.75, 3.05) is 0 Å². The van der Waals surface area contributed by atoms with Crippen LogP contribution in [0.4, 0.5) is 88.2 Å². The Kier molecular flexibility index (Phi) is 8.63. The smallest absolute Gasteiger partial charge is 0.200 e. The maximum absolute atomic E-state index is 13.5. The Morgan fingerprint density at radius 1 is 0.412 bits per heavy atom. The number of rotatable bonds is 12. The van der Waals surface area contributed by atoms with Crippen molar-refractivity contribution in [3.63, 3.8) is 0 Å². The van der Waals surface area contributed by atoms with Gasteiger partial charge in [-0.05, 0) is 0 Å². The second kappa shape index (κ2) is 8.97. The van der Waals surface area contributed by atoms with E-state index in [0.717, 1.165) is 0 Å². The predicted octanol–water partition coefficient (Wildman–Crippen LogP) is 6.96. The molecule has 34 heavy (non-hydrogen) atoms. The molecule has 0 aliphatic rings. The Morgan fingerprint density at radius 2 is 0.706 bits per heavy atom. The lowest BCUT2D eigenvalue weighted by atomic mass is 9.90. The molecule has 0 saturated heterocycles. The monoisotopic (exact) mass is 580 g/mol. The van der Waals surface area contributed by atoms with Crippen LogP contribution in [0.1, 0.15) is 12.8 Å². The fraction of sp³-hybridized carbons (Fsp3) is 1.00. The first-order valence-electron chi connectivity index (χ1n) is 7.25. The summed E-state index contributed by atoms with van der Waals surface area (Å²) in [6.45, 7) is 0. The third-order valence-corrected chi connectivity index (χ3v) is 5.54. The molecule has 0 aliphatic heterocycles. The van der Waals surface area contributed by atoms with E-state index in [0.29, 0.717) is 0 Å². The molecule has 3 nitrogen and oxygen atoms in total. The van der Waals surface area contributed by atoms with E-state index in [2.05, 4.69) is 0 Å². The molecule has 0 amide bonds. The topological polar surface area (TPSA) is 27.7 Å². The van der Waals surface area contributed by atoms with E-state index in [-0.39, 0.29) is 0 Å². The zero-order valence-electron chi connectivity index (χ0n) is 14.7. The molecule has 0 unspecified atom stereocenters. The minimum Gasteiger partial charge on any atom is -0.200 e. The van der Waals surface area contributed by atoms with Crippen LogP contribution < -0.4 is 0 Å². The van der Waals surface area contributed by atoms with Gasteiger partial charge in [-0.2, -0.15) is 88.5 Å². The zero-order valence-corrected chi connectivity index (χ0v) is 15.7. The van der Waals surface area contributed by atoms with Crippen LogP contribution in [0.2, 0.25) is 0 Å². The van der Waals surface area contributed by atoms with Gasteiger partial charge in [-0.1, -0.05) is 13.6 Å². The molecule has 0 aromatic carbocycles. The highest BCUT2D eigenvalue weighted by Crippen LogP contribution is 2.63. The van der Waals surface area contributed by atoms with Gasteiger partial charge >= 0.3 is 56.1 Å². The highest BCUT2D eigenvalue weighted by Gasteiger charge is 2.96. The second-order valence-corrected chi connectivity index (χ2v) is 8.26. The first kappa shape index (κ1) is 32.7. The summed E-state index contributed by atoms with van der Waals surface area (Å²) in [5.74, 6) is -49.9. The van der Waals surface area contributed by atoms with Crippen LogP contribution in [0.5, 0.6) is 0 Å². The van der Waals surface area contributed by atoms with Gasteiger partial charge in [0.15, 0.2) is 0 Å². The first-order chi connectivity index (χ1) is 14.6. The SMILES string of the molecule is FO[Si](OF)(OF)C(F)(F)C(F)(F)C(F)(F)C(F)(F)C(F)(F)C(F)(F)C(F)(F)CCC(F)(F)F. The highest BCUT2D eigenvalue weighted by molar-refractivity contribution is 6.63. The van der Waals surface area contributed by atoms with Gasteiger partial charge in [0.2, 0.25) is 0 Å². The summed E-state index contributed by atoms with van der Waals surface area (Å²) in [7, 11) is -8.55. The van der Waals surface area contributed by atoms with Gasteiger partial charge in [-0.15, -0.1) is 0 Å². The average molecular weight is 580 g/mol. The van der Waals surface area contributed by atoms with Crippen LogP contribution >= 0.6 is 0 Å². The minimum absolute atomic E-state index is 1.44. The maximum atomic E-state index is 13.5. The molecule has 0 aromatic heterocycles. The number of alkyl halides is 17. The van der Waals surface area contributed by atoms with Gasteiger partial charge in [0.05, 0.1) is 0 Å². The van der Waals surface area contributed by atoms with Crippen LogP contribution in [-0.2, 0) is 13.9 Å². The van der Waals surface area contributed by atoms with E-state index in [1.165, 1.54) is 13.9 Å². The Bertz CT molecular complexity index is 691. The molecule has 24 heteroatoms. The molecule has 0 saturated carbocycles. The lowest BCUT2D eigenvalue weighted by Gasteiger charge is -2.43. The predicted molar refractivity (Wildman–Crippen MR) is 62.3 cm³/mol. The average Bonchev–Trinajstić information content (AvgIpc) is 2.66. The van der Waals surface area contributed by atoms with Crippen molar-refractivity contribution in [1.82, 2.24) is 0 Å². The molecule has 0 N–H and O–H groups in total. The Labute approximate surface area is 172 Å². The van der Waals surface area contributed by atoms with Gasteiger partial charge < -0.3 is 0 Å². The molecule has 0 spiro atoms. The summed E-state index contributed by atoms with van der Waals surface area (Å²) in [5, 5.41) is 0. The van der Waals surface area contributed by atoms with E-state index in [1.807, 2.05) is 0 Å². The van der Waals surface area contributed by atoms with Crippen LogP contribution in [0.15, 0.2) is 0 Å². The standard InChI is InChI=1S/C10H4F20O3Si/c11-3(12,1-2-4(13,14)15)5(16,17)6(18,19)7(20,21)8(22,23)9(24,25)10(26,27)34(31-28,32-29)33-30/h1-2H2. The molecule has 0 aliphatic carbocycles. The van der Waals surface area contributed by atoms with E-state index in [1.54, 1.807) is 0 Å². The van der Waals surface area contributed by atoms with Crippen LogP contribution in [0.25, 0.3) is 0 Å². The molecule has 0 heterocycles. The third kappa shape index (κ3) is 4.48. The third-order valence-electron chi connectivity index (χ3n) is 3.84. The van der Waals surface area contributed by atoms with E-state index in [4.69, 9.17) is 0 Å². The molecular formula is C10H4F20O3Si. The summed E-state index contributed by atoms with van der Waals surface area (Å²) in [5.41, 5.74) is -7.92. The first-order valence-corrected chi connectivity index (χ1v) is 8.97. The van der Waals surface area contributed by atoms with Gasteiger partial charge in [0.1, 0.15) is 0 Å². The normalized spacial score (nSPS) is 16.2. The summed E-state index contributed by atoms with van der Waals surface area (Å²) in [4.78, 5) is 0. The van der Waals surface area contributed by atoms with Crippen LogP contribution in [0.3, 0.4) is 0 Å². The second-order valence-electron chi connectivity index (χ2n) is 6.05. The van der Waals surface area contributed by atoms with E-state index < -0.39 is 68.9 Å².